The molecule has 116 valence electrons. The van der Waals surface area contributed by atoms with Crippen LogP contribution in [0.25, 0.3) is 0 Å². The largest absolute Gasteiger partial charge is 0.466 e. The molecule has 1 heterocycles. The lowest BCUT2D eigenvalue weighted by Gasteiger charge is -2.07. The lowest BCUT2D eigenvalue weighted by Crippen LogP contribution is -2.15. The van der Waals surface area contributed by atoms with E-state index in [0.29, 0.717) is 23.7 Å². The van der Waals surface area contributed by atoms with Crippen LogP contribution in [-0.2, 0) is 23.0 Å². The van der Waals surface area contributed by atoms with Crippen LogP contribution >= 0.6 is 0 Å². The first-order valence-electron chi connectivity index (χ1n) is 6.97. The van der Waals surface area contributed by atoms with Crippen LogP contribution in [-0.4, -0.2) is 23.1 Å². The van der Waals surface area contributed by atoms with Crippen molar-refractivity contribution in [2.24, 2.45) is 7.05 Å². The van der Waals surface area contributed by atoms with Crippen molar-refractivity contribution in [1.29, 1.82) is 0 Å². The summed E-state index contributed by atoms with van der Waals surface area (Å²) in [4.78, 5) is 23.5. The number of nitrogens with zero attached hydrogens (tertiary/aromatic N) is 1. The second-order valence-electron chi connectivity index (χ2n) is 4.90. The number of anilines is 2. The third-order valence-corrected chi connectivity index (χ3v) is 3.12. The molecule has 0 atom stereocenters. The fourth-order valence-corrected chi connectivity index (χ4v) is 2.10. The Hall–Kier alpha value is -2.76. The molecule has 0 bridgehead atoms. The SMILES string of the molecule is CCOC(=O)Cc1ccc(NC(=O)c2cc(N)cn2C)cc1. The highest BCUT2D eigenvalue weighted by Gasteiger charge is 2.11. The van der Waals surface area contributed by atoms with Crippen molar-refractivity contribution in [3.63, 3.8) is 0 Å². The maximum Gasteiger partial charge on any atom is 0.310 e. The Morgan fingerprint density at radius 2 is 1.95 bits per heavy atom. The maximum absolute atomic E-state index is 12.1. The first-order chi connectivity index (χ1) is 10.5. The molecule has 0 aliphatic heterocycles. The van der Waals surface area contributed by atoms with E-state index in [-0.39, 0.29) is 18.3 Å². The van der Waals surface area contributed by atoms with Gasteiger partial charge in [-0.15, -0.1) is 0 Å². The number of benzene rings is 1. The molecule has 0 saturated heterocycles. The van der Waals surface area contributed by atoms with E-state index in [4.69, 9.17) is 10.5 Å². The van der Waals surface area contributed by atoms with Gasteiger partial charge in [0, 0.05) is 18.9 Å². The maximum atomic E-state index is 12.1. The minimum Gasteiger partial charge on any atom is -0.466 e. The van der Waals surface area contributed by atoms with Crippen LogP contribution in [0.3, 0.4) is 0 Å². The average Bonchev–Trinajstić information content (AvgIpc) is 2.80. The van der Waals surface area contributed by atoms with Crippen molar-refractivity contribution in [2.45, 2.75) is 13.3 Å². The molecule has 0 radical (unpaired) electrons. The summed E-state index contributed by atoms with van der Waals surface area (Å²) >= 11 is 0. The highest BCUT2D eigenvalue weighted by Crippen LogP contribution is 2.14. The van der Waals surface area contributed by atoms with Gasteiger partial charge in [-0.25, -0.2) is 0 Å². The molecule has 2 aromatic rings. The highest BCUT2D eigenvalue weighted by molar-refractivity contribution is 6.03. The van der Waals surface area contributed by atoms with Crippen molar-refractivity contribution in [1.82, 2.24) is 4.57 Å². The number of esters is 1. The Bertz CT molecular complexity index is 674. The summed E-state index contributed by atoms with van der Waals surface area (Å²) in [7, 11) is 1.76. The summed E-state index contributed by atoms with van der Waals surface area (Å²) in [5.74, 6) is -0.504. The molecule has 6 nitrogen and oxygen atoms in total. The van der Waals surface area contributed by atoms with E-state index in [1.54, 1.807) is 55.1 Å². The number of hydrogen-bond acceptors (Lipinski definition) is 4. The Balaban J connectivity index is 2.00. The Labute approximate surface area is 128 Å². The van der Waals surface area contributed by atoms with Gasteiger partial charge in [0.2, 0.25) is 0 Å². The molecule has 0 aliphatic rings. The van der Waals surface area contributed by atoms with Crippen LogP contribution in [0, 0.1) is 0 Å². The number of nitrogens with one attached hydrogen (secondary N) is 1. The van der Waals surface area contributed by atoms with Gasteiger partial charge in [0.25, 0.3) is 5.91 Å². The zero-order valence-electron chi connectivity index (χ0n) is 12.6. The summed E-state index contributed by atoms with van der Waals surface area (Å²) in [6.07, 6.45) is 1.90. The van der Waals surface area contributed by atoms with Crippen LogP contribution in [0.5, 0.6) is 0 Å². The standard InChI is InChI=1S/C16H19N3O3/c1-3-22-15(20)8-11-4-6-13(7-5-11)18-16(21)14-9-12(17)10-19(14)2/h4-7,9-10H,3,8,17H2,1-2H3,(H,18,21). The predicted octanol–water partition coefficient (Wildman–Crippen LogP) is 1.97. The third-order valence-electron chi connectivity index (χ3n) is 3.12. The molecule has 2 rings (SSSR count). The van der Waals surface area contributed by atoms with Gasteiger partial charge < -0.3 is 20.4 Å². The fraction of sp³-hybridized carbons (Fsp3) is 0.250. The minimum absolute atomic E-state index is 0.219. The normalized spacial score (nSPS) is 10.3. The summed E-state index contributed by atoms with van der Waals surface area (Å²) in [6.45, 7) is 2.14. The van der Waals surface area contributed by atoms with Gasteiger partial charge in [-0.2, -0.15) is 0 Å². The van der Waals surface area contributed by atoms with E-state index in [1.807, 2.05) is 0 Å². The number of aromatic nitrogens is 1. The van der Waals surface area contributed by atoms with E-state index in [0.717, 1.165) is 5.56 Å². The van der Waals surface area contributed by atoms with E-state index in [1.165, 1.54) is 0 Å². The van der Waals surface area contributed by atoms with Gasteiger partial charge in [0.15, 0.2) is 0 Å². The average molecular weight is 301 g/mol. The van der Waals surface area contributed by atoms with Crippen LogP contribution in [0.4, 0.5) is 11.4 Å². The number of carbonyl (C=O) groups excluding carboxylic acids is 2. The Morgan fingerprint density at radius 1 is 1.27 bits per heavy atom. The zero-order chi connectivity index (χ0) is 16.1. The molecule has 1 amide bonds. The minimum atomic E-state index is -0.265. The molecule has 1 aromatic carbocycles. The molecule has 6 heteroatoms. The van der Waals surface area contributed by atoms with Crippen molar-refractivity contribution in [3.8, 4) is 0 Å². The molecular formula is C16H19N3O3. The van der Waals surface area contributed by atoms with Crippen molar-refractivity contribution in [2.75, 3.05) is 17.7 Å². The second kappa shape index (κ2) is 6.80. The van der Waals surface area contributed by atoms with Crippen LogP contribution in [0.1, 0.15) is 23.0 Å². The number of amides is 1. The highest BCUT2D eigenvalue weighted by atomic mass is 16.5. The number of aryl methyl sites for hydroxylation is 1. The first-order valence-corrected chi connectivity index (χ1v) is 6.97. The van der Waals surface area contributed by atoms with Crippen LogP contribution in [0.15, 0.2) is 36.5 Å². The van der Waals surface area contributed by atoms with E-state index >= 15 is 0 Å². The number of ether oxygens (including phenoxy) is 1. The third kappa shape index (κ3) is 3.88. The van der Waals surface area contributed by atoms with Gasteiger partial charge >= 0.3 is 5.97 Å². The molecule has 0 spiro atoms. The smallest absolute Gasteiger partial charge is 0.310 e. The number of hydrogen-bond donors (Lipinski definition) is 2. The van der Waals surface area contributed by atoms with E-state index in [9.17, 15) is 9.59 Å². The second-order valence-corrected chi connectivity index (χ2v) is 4.90. The van der Waals surface area contributed by atoms with Crippen molar-refractivity contribution >= 4 is 23.3 Å². The topological polar surface area (TPSA) is 86.3 Å². The first kappa shape index (κ1) is 15.6. The molecule has 22 heavy (non-hydrogen) atoms. The quantitative estimate of drug-likeness (QED) is 0.827. The monoisotopic (exact) mass is 301 g/mol. The van der Waals surface area contributed by atoms with Gasteiger partial charge in [-0.3, -0.25) is 9.59 Å². The van der Waals surface area contributed by atoms with E-state index in [2.05, 4.69) is 5.32 Å². The molecule has 0 unspecified atom stereocenters. The zero-order valence-corrected chi connectivity index (χ0v) is 12.6. The molecular weight excluding hydrogens is 282 g/mol. The summed E-state index contributed by atoms with van der Waals surface area (Å²) < 4.78 is 6.56. The predicted molar refractivity (Wildman–Crippen MR) is 84.6 cm³/mol. The fourth-order valence-electron chi connectivity index (χ4n) is 2.10. The van der Waals surface area contributed by atoms with Gasteiger partial charge in [-0.05, 0) is 30.7 Å². The molecule has 0 fully saturated rings. The number of nitrogens with two attached hydrogens (primary N) is 1. The van der Waals surface area contributed by atoms with Gasteiger partial charge in [-0.1, -0.05) is 12.1 Å². The number of nitrogen functional groups attached to an aromatic ring is 1. The van der Waals surface area contributed by atoms with Gasteiger partial charge in [0.05, 0.1) is 18.7 Å². The Kier molecular flexibility index (Phi) is 4.83. The van der Waals surface area contributed by atoms with Crippen LogP contribution < -0.4 is 11.1 Å². The molecule has 1 aromatic heterocycles. The van der Waals surface area contributed by atoms with Crippen LogP contribution in [0.2, 0.25) is 0 Å². The summed E-state index contributed by atoms with van der Waals surface area (Å²) in [5.41, 5.74) is 8.16. The van der Waals surface area contributed by atoms with Gasteiger partial charge in [0.1, 0.15) is 5.69 Å². The molecule has 0 saturated carbocycles. The van der Waals surface area contributed by atoms with E-state index < -0.39 is 0 Å². The summed E-state index contributed by atoms with van der Waals surface area (Å²) in [5, 5.41) is 2.79. The Morgan fingerprint density at radius 3 is 2.50 bits per heavy atom. The van der Waals surface area contributed by atoms with Crippen molar-refractivity contribution < 1.29 is 14.3 Å². The lowest BCUT2D eigenvalue weighted by atomic mass is 10.1. The van der Waals surface area contributed by atoms with Crippen molar-refractivity contribution in [3.05, 3.63) is 47.8 Å². The number of carbonyl (C=O) groups is 2. The summed E-state index contributed by atoms with van der Waals surface area (Å²) in [6, 6.07) is 8.68. The molecule has 0 aliphatic carbocycles. The number of rotatable bonds is 5. The molecule has 3 N–H and O–H groups in total. The lowest BCUT2D eigenvalue weighted by molar-refractivity contribution is -0.142.